The van der Waals surface area contributed by atoms with Crippen molar-refractivity contribution in [3.05, 3.63) is 113 Å². The van der Waals surface area contributed by atoms with E-state index in [1.807, 2.05) is 88.4 Å². The van der Waals surface area contributed by atoms with Crippen molar-refractivity contribution in [2.24, 2.45) is 17.0 Å². The van der Waals surface area contributed by atoms with Crippen LogP contribution < -0.4 is 5.48 Å². The highest BCUT2D eigenvalue weighted by Crippen LogP contribution is 2.43. The molecule has 10 nitrogen and oxygen atoms in total. The summed E-state index contributed by atoms with van der Waals surface area (Å²) in [5.41, 5.74) is 3.92. The van der Waals surface area contributed by atoms with E-state index in [0.717, 1.165) is 11.1 Å². The molecule has 0 radical (unpaired) electrons. The van der Waals surface area contributed by atoms with Crippen LogP contribution in [0.2, 0.25) is 0 Å². The summed E-state index contributed by atoms with van der Waals surface area (Å²) in [6.07, 6.45) is 1.28. The highest BCUT2D eigenvalue weighted by atomic mass is 32.2. The van der Waals surface area contributed by atoms with Crippen molar-refractivity contribution in [2.45, 2.75) is 63.4 Å². The molecule has 0 atom stereocenters. The standard InChI is InChI=1S/C38H44N4O6S2/c1-27(2)19-21-41(25-29-11-7-5-8-12-29)49(45,46)31-15-17-33-35(23-31)38(40-44)36-24-32(16-18-34(36)37(33)39-43)50(47,48)42(22-20-28(3)4)26-30-13-9-6-10-14-30/h5-18,23-24,27-28,39,43H,19-22,25-26H2,1-4H3. The number of hydrogen-bond donors (Lipinski definition) is 2. The summed E-state index contributed by atoms with van der Waals surface area (Å²) < 4.78 is 59.6. The van der Waals surface area contributed by atoms with E-state index in [4.69, 9.17) is 0 Å². The Morgan fingerprint density at radius 2 is 1.02 bits per heavy atom. The highest BCUT2D eigenvalue weighted by molar-refractivity contribution is 7.89. The van der Waals surface area contributed by atoms with E-state index >= 15 is 0 Å². The molecule has 12 heteroatoms. The van der Waals surface area contributed by atoms with Gasteiger partial charge in [-0.1, -0.05) is 100 Å². The Kier molecular flexibility index (Phi) is 11.7. The van der Waals surface area contributed by atoms with Gasteiger partial charge < -0.3 is 0 Å². The van der Waals surface area contributed by atoms with E-state index in [0.29, 0.717) is 23.6 Å². The lowest BCUT2D eigenvalue weighted by molar-refractivity contribution is 0.375. The number of rotatable bonds is 16. The fraction of sp³-hybridized carbons (Fsp3) is 0.316. The van der Waals surface area contributed by atoms with E-state index in [1.165, 1.54) is 45.0 Å². The third-order valence-corrected chi connectivity index (χ3v) is 12.5. The van der Waals surface area contributed by atoms with Crippen molar-refractivity contribution in [3.63, 3.8) is 0 Å². The molecule has 0 heterocycles. The molecule has 0 bridgehead atoms. The van der Waals surface area contributed by atoms with Crippen LogP contribution in [0.4, 0.5) is 11.4 Å². The third-order valence-electron chi connectivity index (χ3n) is 8.82. The largest absolute Gasteiger partial charge is 0.291 e. The molecule has 50 heavy (non-hydrogen) atoms. The number of nitroso groups, excluding NO2 is 1. The fourth-order valence-electron chi connectivity index (χ4n) is 5.95. The predicted molar refractivity (Wildman–Crippen MR) is 199 cm³/mol. The molecule has 5 aromatic carbocycles. The minimum Gasteiger partial charge on any atom is -0.291 e. The Bertz CT molecular complexity index is 2030. The summed E-state index contributed by atoms with van der Waals surface area (Å²) in [5.74, 6) is 0.518. The Balaban J connectivity index is 1.64. The van der Waals surface area contributed by atoms with Crippen LogP contribution in [0.1, 0.15) is 51.7 Å². The molecule has 0 fully saturated rings. The molecule has 0 saturated heterocycles. The van der Waals surface area contributed by atoms with Crippen LogP contribution in [0.5, 0.6) is 0 Å². The van der Waals surface area contributed by atoms with Crippen molar-refractivity contribution < 1.29 is 22.0 Å². The maximum Gasteiger partial charge on any atom is 0.243 e. The average Bonchev–Trinajstić information content (AvgIpc) is 3.10. The maximum absolute atomic E-state index is 14.2. The van der Waals surface area contributed by atoms with Gasteiger partial charge >= 0.3 is 0 Å². The van der Waals surface area contributed by atoms with Gasteiger partial charge in [0.05, 0.1) is 15.5 Å². The lowest BCUT2D eigenvalue weighted by Gasteiger charge is -2.24. The molecule has 0 unspecified atom stereocenters. The topological polar surface area (TPSA) is 136 Å². The lowest BCUT2D eigenvalue weighted by atomic mass is 9.99. The molecule has 264 valence electrons. The van der Waals surface area contributed by atoms with E-state index < -0.39 is 20.0 Å². The van der Waals surface area contributed by atoms with E-state index in [-0.39, 0.29) is 70.0 Å². The van der Waals surface area contributed by atoms with Crippen LogP contribution in [0.25, 0.3) is 21.5 Å². The van der Waals surface area contributed by atoms with Crippen LogP contribution in [0.3, 0.4) is 0 Å². The molecule has 2 N–H and O–H groups in total. The van der Waals surface area contributed by atoms with Crippen LogP contribution in [-0.4, -0.2) is 43.7 Å². The monoisotopic (exact) mass is 716 g/mol. The molecular weight excluding hydrogens is 673 g/mol. The molecule has 5 rings (SSSR count). The average molecular weight is 717 g/mol. The summed E-state index contributed by atoms with van der Waals surface area (Å²) >= 11 is 0. The molecule has 5 aromatic rings. The molecule has 0 saturated carbocycles. The molecule has 0 aliphatic rings. The Morgan fingerprint density at radius 3 is 1.36 bits per heavy atom. The number of fused-ring (bicyclic) bond motifs is 2. The minimum absolute atomic E-state index is 0.0516. The Hall–Kier alpha value is -4.20. The van der Waals surface area contributed by atoms with Crippen LogP contribution in [0, 0.1) is 16.7 Å². The molecule has 0 aliphatic carbocycles. The molecule has 0 spiro atoms. The van der Waals surface area contributed by atoms with Gasteiger partial charge in [-0.3, -0.25) is 10.7 Å². The van der Waals surface area contributed by atoms with Gasteiger partial charge in [-0.15, -0.1) is 4.91 Å². The second-order valence-corrected chi connectivity index (χ2v) is 17.2. The van der Waals surface area contributed by atoms with Gasteiger partial charge in [0.2, 0.25) is 20.0 Å². The molecule has 0 aliphatic heterocycles. The normalized spacial score (nSPS) is 12.5. The number of anilines is 1. The second-order valence-electron chi connectivity index (χ2n) is 13.4. The molecule has 0 aromatic heterocycles. The molecule has 0 amide bonds. The van der Waals surface area contributed by atoms with Crippen molar-refractivity contribution in [1.82, 2.24) is 8.61 Å². The second kappa shape index (κ2) is 15.8. The van der Waals surface area contributed by atoms with Gasteiger partial charge in [-0.2, -0.15) is 8.61 Å². The van der Waals surface area contributed by atoms with Gasteiger partial charge in [-0.25, -0.2) is 16.8 Å². The van der Waals surface area contributed by atoms with Crippen LogP contribution in [0.15, 0.2) is 112 Å². The summed E-state index contributed by atoms with van der Waals surface area (Å²) in [7, 11) is -8.13. The predicted octanol–water partition coefficient (Wildman–Crippen LogP) is 8.67. The van der Waals surface area contributed by atoms with Crippen LogP contribution in [-0.2, 0) is 33.1 Å². The Morgan fingerprint density at radius 1 is 0.620 bits per heavy atom. The zero-order chi connectivity index (χ0) is 36.1. The minimum atomic E-state index is -4.07. The first-order chi connectivity index (χ1) is 23.9. The highest BCUT2D eigenvalue weighted by Gasteiger charge is 2.29. The summed E-state index contributed by atoms with van der Waals surface area (Å²) in [4.78, 5) is 12.5. The summed E-state index contributed by atoms with van der Waals surface area (Å²) in [6.45, 7) is 8.99. The number of sulfonamides is 2. The van der Waals surface area contributed by atoms with Gasteiger partial charge in [0.25, 0.3) is 0 Å². The van der Waals surface area contributed by atoms with Gasteiger partial charge in [-0.05, 0) is 65.2 Å². The maximum atomic E-state index is 14.2. The van der Waals surface area contributed by atoms with Crippen LogP contribution >= 0.6 is 0 Å². The Labute approximate surface area is 294 Å². The van der Waals surface area contributed by atoms with E-state index in [2.05, 4.69) is 10.7 Å². The quantitative estimate of drug-likeness (QED) is 0.0592. The van der Waals surface area contributed by atoms with E-state index in [1.54, 1.807) is 0 Å². The molecular formula is C38H44N4O6S2. The lowest BCUT2D eigenvalue weighted by Crippen LogP contribution is -2.32. The number of nitrogens with one attached hydrogen (secondary N) is 1. The number of benzene rings is 5. The SMILES string of the molecule is CC(C)CCN(Cc1ccccc1)S(=O)(=O)c1ccc2c(NO)c3ccc(S(=O)(=O)N(CCC(C)C)Cc4ccccc4)cc3c(N=O)c2c1. The first-order valence-corrected chi connectivity index (χ1v) is 19.6. The number of nitrogens with zero attached hydrogens (tertiary/aromatic N) is 3. The zero-order valence-electron chi connectivity index (χ0n) is 28.8. The fourth-order valence-corrected chi connectivity index (χ4v) is 8.89. The smallest absolute Gasteiger partial charge is 0.243 e. The van der Waals surface area contributed by atoms with Crippen molar-refractivity contribution in [2.75, 3.05) is 18.6 Å². The zero-order valence-corrected chi connectivity index (χ0v) is 30.4. The van der Waals surface area contributed by atoms with Crippen molar-refractivity contribution in [1.29, 1.82) is 0 Å². The summed E-state index contributed by atoms with van der Waals surface area (Å²) in [6, 6.07) is 27.3. The van der Waals surface area contributed by atoms with Gasteiger partial charge in [0.15, 0.2) is 0 Å². The van der Waals surface area contributed by atoms with Crippen molar-refractivity contribution in [3.8, 4) is 0 Å². The van der Waals surface area contributed by atoms with E-state index in [9.17, 15) is 26.9 Å². The van der Waals surface area contributed by atoms with Crippen molar-refractivity contribution >= 4 is 53.0 Å². The van der Waals surface area contributed by atoms with Gasteiger partial charge in [0.1, 0.15) is 5.69 Å². The van der Waals surface area contributed by atoms with Gasteiger partial charge in [0, 0.05) is 47.7 Å². The first-order valence-electron chi connectivity index (χ1n) is 16.7. The number of hydrogen-bond acceptors (Lipinski definition) is 8. The first kappa shape index (κ1) is 37.1. The third kappa shape index (κ3) is 8.06. The summed E-state index contributed by atoms with van der Waals surface area (Å²) in [5, 5.41) is 14.6.